The first kappa shape index (κ1) is 24.9. The molecule has 0 fully saturated rings. The van der Waals surface area contributed by atoms with Gasteiger partial charge in [0.1, 0.15) is 6.07 Å². The van der Waals surface area contributed by atoms with Crippen LogP contribution in [0.2, 0.25) is 0 Å². The van der Waals surface area contributed by atoms with Crippen LogP contribution in [0.5, 0.6) is 11.5 Å². The predicted molar refractivity (Wildman–Crippen MR) is 126 cm³/mol. The quantitative estimate of drug-likeness (QED) is 0.237. The number of carbonyl (C=O) groups excluding carboxylic acids is 2. The maximum Gasteiger partial charge on any atom is 0.343 e. The third-order valence-electron chi connectivity index (χ3n) is 4.81. The van der Waals surface area contributed by atoms with Crippen molar-refractivity contribution in [2.24, 2.45) is 5.41 Å². The fourth-order valence-corrected chi connectivity index (χ4v) is 2.95. The summed E-state index contributed by atoms with van der Waals surface area (Å²) in [5, 5.41) is 9.42. The molecule has 2 aromatic carbocycles. The number of Topliss-reactive ketones (excluding diaryl/α,β-unsaturated/α-hetero) is 1. The number of benzene rings is 2. The zero-order valence-electron chi connectivity index (χ0n) is 19.9. The van der Waals surface area contributed by atoms with E-state index in [9.17, 15) is 14.9 Å². The van der Waals surface area contributed by atoms with Gasteiger partial charge in [-0.2, -0.15) is 5.26 Å². The highest BCUT2D eigenvalue weighted by Crippen LogP contribution is 2.31. The van der Waals surface area contributed by atoms with Crippen LogP contribution in [0.15, 0.2) is 48.0 Å². The fourth-order valence-electron chi connectivity index (χ4n) is 2.95. The maximum absolute atomic E-state index is 12.7. The highest BCUT2D eigenvalue weighted by Gasteiger charge is 2.25. The first-order valence-electron chi connectivity index (χ1n) is 10.6. The third kappa shape index (κ3) is 6.31. The molecule has 0 aromatic heterocycles. The van der Waals surface area contributed by atoms with Crippen LogP contribution >= 0.6 is 0 Å². The van der Waals surface area contributed by atoms with Crippen LogP contribution in [0.1, 0.15) is 70.0 Å². The summed E-state index contributed by atoms with van der Waals surface area (Å²) >= 11 is 0. The van der Waals surface area contributed by atoms with Gasteiger partial charge >= 0.3 is 5.97 Å². The average molecular weight is 434 g/mol. The molecule has 0 unspecified atom stereocenters. The molecule has 5 heteroatoms. The molecule has 0 aliphatic heterocycles. The monoisotopic (exact) mass is 433 g/mol. The van der Waals surface area contributed by atoms with Crippen molar-refractivity contribution in [2.45, 2.75) is 53.9 Å². The number of carbonyl (C=O) groups is 2. The van der Waals surface area contributed by atoms with Crippen molar-refractivity contribution < 1.29 is 19.1 Å². The van der Waals surface area contributed by atoms with Gasteiger partial charge in [0.15, 0.2) is 17.3 Å². The Morgan fingerprint density at radius 2 is 1.59 bits per heavy atom. The number of ether oxygens (including phenoxy) is 2. The summed E-state index contributed by atoms with van der Waals surface area (Å²) < 4.78 is 11.2. The molecule has 0 amide bonds. The normalized spacial score (nSPS) is 12.1. The van der Waals surface area contributed by atoms with Crippen LogP contribution in [-0.2, 0) is 10.2 Å². The molecule has 0 radical (unpaired) electrons. The Labute approximate surface area is 190 Å². The van der Waals surface area contributed by atoms with E-state index in [-0.39, 0.29) is 22.5 Å². The fraction of sp³-hybridized carbons (Fsp3) is 0.370. The van der Waals surface area contributed by atoms with Gasteiger partial charge in [-0.15, -0.1) is 0 Å². The lowest BCUT2D eigenvalue weighted by molar-refractivity contribution is -0.121. The SMILES string of the molecule is CCOc1cc(/C=C(\C#N)C(=O)C(C)(C)C)ccc1OC(=O)c1ccc(C(C)(C)C)cc1. The van der Waals surface area contributed by atoms with Gasteiger partial charge in [-0.25, -0.2) is 4.79 Å². The molecule has 0 saturated heterocycles. The Kier molecular flexibility index (Phi) is 7.64. The number of hydrogen-bond donors (Lipinski definition) is 0. The van der Waals surface area contributed by atoms with Crippen molar-refractivity contribution in [3.05, 3.63) is 64.7 Å². The molecule has 32 heavy (non-hydrogen) atoms. The zero-order chi connectivity index (χ0) is 24.1. The molecule has 0 spiro atoms. The first-order chi connectivity index (χ1) is 14.9. The third-order valence-corrected chi connectivity index (χ3v) is 4.81. The number of esters is 1. The van der Waals surface area contributed by atoms with Gasteiger partial charge in [-0.3, -0.25) is 4.79 Å². The zero-order valence-corrected chi connectivity index (χ0v) is 19.9. The summed E-state index contributed by atoms with van der Waals surface area (Å²) in [7, 11) is 0. The van der Waals surface area contributed by atoms with Gasteiger partial charge < -0.3 is 9.47 Å². The van der Waals surface area contributed by atoms with Crippen molar-refractivity contribution in [1.82, 2.24) is 0 Å². The second kappa shape index (κ2) is 9.82. The van der Waals surface area contributed by atoms with Crippen LogP contribution in [-0.4, -0.2) is 18.4 Å². The highest BCUT2D eigenvalue weighted by molar-refractivity contribution is 6.06. The van der Waals surface area contributed by atoms with E-state index in [0.717, 1.165) is 5.56 Å². The Morgan fingerprint density at radius 1 is 0.969 bits per heavy atom. The average Bonchev–Trinajstić information content (AvgIpc) is 2.72. The standard InChI is InChI=1S/C27H31NO4/c1-8-31-23-16-18(15-20(17-28)24(29)27(5,6)7)9-14-22(23)32-25(30)19-10-12-21(13-11-19)26(2,3)4/h9-16H,8H2,1-7H3/b20-15+. The highest BCUT2D eigenvalue weighted by atomic mass is 16.6. The molecule has 2 rings (SSSR count). The Balaban J connectivity index is 2.32. The van der Waals surface area contributed by atoms with E-state index in [4.69, 9.17) is 9.47 Å². The second-order valence-corrected chi connectivity index (χ2v) is 9.60. The van der Waals surface area contributed by atoms with Crippen molar-refractivity contribution in [3.63, 3.8) is 0 Å². The Hall–Kier alpha value is -3.39. The van der Waals surface area contributed by atoms with E-state index in [1.807, 2.05) is 25.1 Å². The molecule has 2 aromatic rings. The summed E-state index contributed by atoms with van der Waals surface area (Å²) in [4.78, 5) is 25.1. The molecule has 0 atom stereocenters. The van der Waals surface area contributed by atoms with Crippen molar-refractivity contribution in [3.8, 4) is 17.6 Å². The summed E-state index contributed by atoms with van der Waals surface area (Å²) in [6.07, 6.45) is 1.52. The van der Waals surface area contributed by atoms with Crippen molar-refractivity contribution in [1.29, 1.82) is 5.26 Å². The van der Waals surface area contributed by atoms with Crippen LogP contribution in [0.25, 0.3) is 6.08 Å². The van der Waals surface area contributed by atoms with Crippen LogP contribution in [0, 0.1) is 16.7 Å². The predicted octanol–water partition coefficient (Wildman–Crippen LogP) is 6.12. The number of ketones is 1. The van der Waals surface area contributed by atoms with E-state index in [1.165, 1.54) is 6.08 Å². The Bertz CT molecular complexity index is 1060. The van der Waals surface area contributed by atoms with Crippen LogP contribution in [0.4, 0.5) is 0 Å². The van der Waals surface area contributed by atoms with E-state index >= 15 is 0 Å². The summed E-state index contributed by atoms with van der Waals surface area (Å²) in [5.41, 5.74) is 1.55. The molecular formula is C27H31NO4. The van der Waals surface area contributed by atoms with Gasteiger partial charge in [-0.1, -0.05) is 59.7 Å². The molecule has 0 aliphatic carbocycles. The lowest BCUT2D eigenvalue weighted by atomic mass is 9.86. The number of allylic oxidation sites excluding steroid dienone is 1. The molecule has 168 valence electrons. The molecule has 5 nitrogen and oxygen atoms in total. The molecule has 0 aliphatic rings. The second-order valence-electron chi connectivity index (χ2n) is 9.60. The Morgan fingerprint density at radius 3 is 2.09 bits per heavy atom. The molecule has 0 N–H and O–H groups in total. The van der Waals surface area contributed by atoms with Gasteiger partial charge in [0, 0.05) is 5.41 Å². The summed E-state index contributed by atoms with van der Waals surface area (Å²) in [6, 6.07) is 14.3. The lowest BCUT2D eigenvalue weighted by Gasteiger charge is -2.19. The van der Waals surface area contributed by atoms with Gasteiger partial charge in [-0.05, 0) is 53.8 Å². The van der Waals surface area contributed by atoms with Crippen LogP contribution < -0.4 is 9.47 Å². The van der Waals surface area contributed by atoms with Gasteiger partial charge in [0.25, 0.3) is 0 Å². The minimum absolute atomic E-state index is 0.00935. The van der Waals surface area contributed by atoms with Gasteiger partial charge in [0.05, 0.1) is 17.7 Å². The van der Waals surface area contributed by atoms with Gasteiger partial charge in [0.2, 0.25) is 0 Å². The number of nitriles is 1. The molecule has 0 saturated carbocycles. The first-order valence-corrected chi connectivity index (χ1v) is 10.6. The molecule has 0 heterocycles. The number of hydrogen-bond acceptors (Lipinski definition) is 5. The molecule has 0 bridgehead atoms. The van der Waals surface area contributed by atoms with Crippen molar-refractivity contribution >= 4 is 17.8 Å². The minimum Gasteiger partial charge on any atom is -0.490 e. The topological polar surface area (TPSA) is 76.4 Å². The maximum atomic E-state index is 12.7. The van der Waals surface area contributed by atoms with Crippen molar-refractivity contribution in [2.75, 3.05) is 6.61 Å². The summed E-state index contributed by atoms with van der Waals surface area (Å²) in [5.74, 6) is -0.0986. The van der Waals surface area contributed by atoms with E-state index in [1.54, 1.807) is 51.1 Å². The molecular weight excluding hydrogens is 402 g/mol. The largest absolute Gasteiger partial charge is 0.490 e. The summed E-state index contributed by atoms with van der Waals surface area (Å²) in [6.45, 7) is 13.8. The van der Waals surface area contributed by atoms with E-state index < -0.39 is 11.4 Å². The minimum atomic E-state index is -0.664. The number of rotatable bonds is 6. The van der Waals surface area contributed by atoms with E-state index in [0.29, 0.717) is 23.5 Å². The van der Waals surface area contributed by atoms with Crippen LogP contribution in [0.3, 0.4) is 0 Å². The van der Waals surface area contributed by atoms with E-state index in [2.05, 4.69) is 20.8 Å². The number of nitrogens with zero attached hydrogens (tertiary/aromatic N) is 1. The smallest absolute Gasteiger partial charge is 0.343 e. The lowest BCUT2D eigenvalue weighted by Crippen LogP contribution is -2.21.